The maximum Gasteiger partial charge on any atom is 0.300 e. The third-order valence-electron chi connectivity index (χ3n) is 6.09. The van der Waals surface area contributed by atoms with Gasteiger partial charge in [0.05, 0.1) is 5.57 Å². The quantitative estimate of drug-likeness (QED) is 0.264. The number of ketones is 1. The van der Waals surface area contributed by atoms with Gasteiger partial charge >= 0.3 is 0 Å². The Morgan fingerprint density at radius 2 is 1.78 bits per heavy atom. The molecule has 32 heavy (non-hydrogen) atoms. The molecule has 1 unspecified atom stereocenters. The van der Waals surface area contributed by atoms with E-state index in [0.717, 1.165) is 22.0 Å². The van der Waals surface area contributed by atoms with Gasteiger partial charge < -0.3 is 14.5 Å². The number of carbonyl (C=O) groups is 2. The van der Waals surface area contributed by atoms with Crippen LogP contribution in [-0.4, -0.2) is 21.8 Å². The Hall–Kier alpha value is -4.06. The summed E-state index contributed by atoms with van der Waals surface area (Å²) in [4.78, 5) is 31.0. The molecule has 1 amide bonds. The van der Waals surface area contributed by atoms with Crippen LogP contribution in [0.15, 0.2) is 70.8 Å². The molecule has 1 atom stereocenters. The number of anilines is 1. The first-order valence-corrected chi connectivity index (χ1v) is 10.4. The number of aryl methyl sites for hydroxylation is 3. The van der Waals surface area contributed by atoms with Crippen LogP contribution >= 0.6 is 0 Å². The van der Waals surface area contributed by atoms with Crippen LogP contribution in [0.2, 0.25) is 0 Å². The highest BCUT2D eigenvalue weighted by molar-refractivity contribution is 6.51. The summed E-state index contributed by atoms with van der Waals surface area (Å²) in [5.41, 5.74) is 3.94. The van der Waals surface area contributed by atoms with Gasteiger partial charge in [0.15, 0.2) is 0 Å². The van der Waals surface area contributed by atoms with Crippen LogP contribution in [0, 0.1) is 20.8 Å². The number of fused-ring (bicyclic) bond motifs is 1. The highest BCUT2D eigenvalue weighted by Gasteiger charge is 2.48. The molecule has 1 saturated heterocycles. The van der Waals surface area contributed by atoms with Gasteiger partial charge in [0.25, 0.3) is 11.7 Å². The van der Waals surface area contributed by atoms with Crippen LogP contribution < -0.4 is 4.90 Å². The van der Waals surface area contributed by atoms with Crippen LogP contribution in [0.4, 0.5) is 5.69 Å². The average Bonchev–Trinajstić information content (AvgIpc) is 3.46. The molecule has 5 rings (SSSR count). The van der Waals surface area contributed by atoms with E-state index >= 15 is 0 Å². The number of aliphatic hydroxyl groups excluding tert-OH is 1. The molecule has 6 heteroatoms. The maximum absolute atomic E-state index is 13.2. The minimum Gasteiger partial charge on any atom is -0.507 e. The monoisotopic (exact) mass is 426 g/mol. The number of benzene rings is 2. The first-order chi connectivity index (χ1) is 15.4. The summed E-state index contributed by atoms with van der Waals surface area (Å²) in [5, 5.41) is 12.1. The molecule has 2 aromatic carbocycles. The molecule has 6 nitrogen and oxygen atoms in total. The number of hydrogen-bond acceptors (Lipinski definition) is 4. The van der Waals surface area contributed by atoms with Crippen molar-refractivity contribution >= 4 is 34.0 Å². The second kappa shape index (κ2) is 7.27. The van der Waals surface area contributed by atoms with Crippen molar-refractivity contribution in [2.45, 2.75) is 26.8 Å². The van der Waals surface area contributed by atoms with Gasteiger partial charge in [-0.15, -0.1) is 0 Å². The number of aromatic nitrogens is 1. The second-order valence-electron chi connectivity index (χ2n) is 8.13. The number of hydrogen-bond donors (Lipinski definition) is 2. The molecule has 0 bridgehead atoms. The number of carbonyl (C=O) groups excluding carboxylic acids is 2. The lowest BCUT2D eigenvalue weighted by atomic mass is 9.98. The standard InChI is InChI=1S/C26H22N2O4/c1-14-8-10-17(12-15(14)2)28-23(21-11-9-16(3)32-21)22(25(30)26(28)31)24(29)19-13-27-20-7-5-4-6-18(19)20/h4-13,23,27,29H,1-3H3/b24-22-. The van der Waals surface area contributed by atoms with Crippen molar-refractivity contribution in [3.05, 3.63) is 94.6 Å². The highest BCUT2D eigenvalue weighted by Crippen LogP contribution is 2.43. The summed E-state index contributed by atoms with van der Waals surface area (Å²) in [7, 11) is 0. The fourth-order valence-corrected chi connectivity index (χ4v) is 4.26. The number of rotatable bonds is 3. The van der Waals surface area contributed by atoms with E-state index in [1.54, 1.807) is 25.3 Å². The van der Waals surface area contributed by atoms with E-state index in [-0.39, 0.29) is 11.3 Å². The Kier molecular flexibility index (Phi) is 4.51. The van der Waals surface area contributed by atoms with Gasteiger partial charge in [0.2, 0.25) is 0 Å². The van der Waals surface area contributed by atoms with Crippen molar-refractivity contribution < 1.29 is 19.1 Å². The van der Waals surface area contributed by atoms with Crippen LogP contribution in [0.25, 0.3) is 16.7 Å². The van der Waals surface area contributed by atoms with Crippen molar-refractivity contribution in [2.24, 2.45) is 0 Å². The van der Waals surface area contributed by atoms with Crippen molar-refractivity contribution in [3.63, 3.8) is 0 Å². The number of nitrogens with one attached hydrogen (secondary N) is 1. The van der Waals surface area contributed by atoms with Gasteiger partial charge in [-0.2, -0.15) is 0 Å². The number of furan rings is 1. The fraction of sp³-hybridized carbons (Fsp3) is 0.154. The van der Waals surface area contributed by atoms with Crippen molar-refractivity contribution in [2.75, 3.05) is 4.90 Å². The molecule has 4 aromatic rings. The Balaban J connectivity index is 1.75. The van der Waals surface area contributed by atoms with Crippen molar-refractivity contribution in [1.82, 2.24) is 4.98 Å². The van der Waals surface area contributed by atoms with E-state index in [2.05, 4.69) is 4.98 Å². The van der Waals surface area contributed by atoms with Gasteiger partial charge in [-0.3, -0.25) is 14.5 Å². The Morgan fingerprint density at radius 1 is 1.00 bits per heavy atom. The number of amides is 1. The van der Waals surface area contributed by atoms with E-state index in [1.807, 2.05) is 56.3 Å². The molecule has 1 aliphatic heterocycles. The number of H-pyrrole nitrogens is 1. The molecule has 0 aliphatic carbocycles. The third kappa shape index (κ3) is 2.95. The minimum atomic E-state index is -0.875. The number of aliphatic hydroxyl groups is 1. The molecule has 0 saturated carbocycles. The van der Waals surface area contributed by atoms with E-state index in [4.69, 9.17) is 4.42 Å². The molecular formula is C26H22N2O4. The molecule has 2 N–H and O–H groups in total. The Bertz CT molecular complexity index is 1420. The highest BCUT2D eigenvalue weighted by atomic mass is 16.3. The van der Waals surface area contributed by atoms with Crippen LogP contribution in [0.5, 0.6) is 0 Å². The van der Waals surface area contributed by atoms with Gasteiger partial charge in [0, 0.05) is 28.4 Å². The average molecular weight is 426 g/mol. The number of para-hydroxylation sites is 1. The normalized spacial score (nSPS) is 18.1. The smallest absolute Gasteiger partial charge is 0.300 e. The van der Waals surface area contributed by atoms with Crippen molar-refractivity contribution in [1.29, 1.82) is 0 Å². The molecule has 1 fully saturated rings. The zero-order chi connectivity index (χ0) is 22.6. The SMILES string of the molecule is Cc1ccc(C2/C(=C(/O)c3c[nH]c4ccccc34)C(=O)C(=O)N2c2ccc(C)c(C)c2)o1. The largest absolute Gasteiger partial charge is 0.507 e. The number of Topliss-reactive ketones (excluding diaryl/α,β-unsaturated/α-hetero) is 1. The van der Waals surface area contributed by atoms with Gasteiger partial charge in [-0.1, -0.05) is 24.3 Å². The van der Waals surface area contributed by atoms with E-state index < -0.39 is 17.7 Å². The van der Waals surface area contributed by atoms with Crippen LogP contribution in [0.3, 0.4) is 0 Å². The predicted molar refractivity (Wildman–Crippen MR) is 122 cm³/mol. The zero-order valence-corrected chi connectivity index (χ0v) is 18.0. The summed E-state index contributed by atoms with van der Waals surface area (Å²) in [5.74, 6) is -0.607. The summed E-state index contributed by atoms with van der Waals surface area (Å²) >= 11 is 0. The summed E-state index contributed by atoms with van der Waals surface area (Å²) in [6, 6.07) is 15.7. The lowest BCUT2D eigenvalue weighted by molar-refractivity contribution is -0.132. The molecular weight excluding hydrogens is 404 g/mol. The predicted octanol–water partition coefficient (Wildman–Crippen LogP) is 5.31. The Morgan fingerprint density at radius 3 is 2.50 bits per heavy atom. The summed E-state index contributed by atoms with van der Waals surface area (Å²) < 4.78 is 5.86. The second-order valence-corrected chi connectivity index (χ2v) is 8.13. The molecule has 2 aromatic heterocycles. The van der Waals surface area contributed by atoms with Crippen LogP contribution in [-0.2, 0) is 9.59 Å². The number of nitrogens with zero attached hydrogens (tertiary/aromatic N) is 1. The molecule has 3 heterocycles. The number of aromatic amines is 1. The van der Waals surface area contributed by atoms with E-state index in [1.165, 1.54) is 4.90 Å². The van der Waals surface area contributed by atoms with E-state index in [0.29, 0.717) is 22.8 Å². The molecule has 0 spiro atoms. The lowest BCUT2D eigenvalue weighted by Crippen LogP contribution is -2.29. The van der Waals surface area contributed by atoms with Crippen LogP contribution in [0.1, 0.15) is 34.3 Å². The molecule has 0 radical (unpaired) electrons. The van der Waals surface area contributed by atoms with Gasteiger partial charge in [-0.05, 0) is 62.2 Å². The third-order valence-corrected chi connectivity index (χ3v) is 6.09. The zero-order valence-electron chi connectivity index (χ0n) is 18.0. The van der Waals surface area contributed by atoms with Gasteiger partial charge in [-0.25, -0.2) is 0 Å². The fourth-order valence-electron chi connectivity index (χ4n) is 4.26. The summed E-state index contributed by atoms with van der Waals surface area (Å²) in [6.45, 7) is 5.73. The van der Waals surface area contributed by atoms with E-state index in [9.17, 15) is 14.7 Å². The van der Waals surface area contributed by atoms with Gasteiger partial charge in [0.1, 0.15) is 23.3 Å². The Labute approximate surface area is 184 Å². The topological polar surface area (TPSA) is 86.5 Å². The first-order valence-electron chi connectivity index (χ1n) is 10.4. The molecule has 160 valence electrons. The minimum absolute atomic E-state index is 0.00679. The first kappa shape index (κ1) is 19.9. The lowest BCUT2D eigenvalue weighted by Gasteiger charge is -2.24. The summed E-state index contributed by atoms with van der Waals surface area (Å²) in [6.07, 6.45) is 1.65. The van der Waals surface area contributed by atoms with Crippen molar-refractivity contribution in [3.8, 4) is 0 Å². The molecule has 1 aliphatic rings. The maximum atomic E-state index is 13.2.